The summed E-state index contributed by atoms with van der Waals surface area (Å²) in [6.07, 6.45) is 3.01. The lowest BCUT2D eigenvalue weighted by molar-refractivity contribution is -0.120. The summed E-state index contributed by atoms with van der Waals surface area (Å²) in [4.78, 5) is 34.5. The quantitative estimate of drug-likeness (QED) is 0.195. The second kappa shape index (κ2) is 10.6. The van der Waals surface area contributed by atoms with Crippen LogP contribution in [0, 0.1) is 0 Å². The standard InChI is InChI=1S/C31H27N3O2S2/c1-20(28(35)32-27(21-12-5-2-6-13-21)22-14-7-3-8-15-22)37-31-33-29-26(24-18-11-19-25(24)38-29)30(36)34(31)23-16-9-4-10-17-23/h2-10,12-17,20,27H,11,18-19H2,1H3,(H,32,35)/t20-/m0/s1. The molecule has 190 valence electrons. The second-order valence-electron chi connectivity index (χ2n) is 9.43. The lowest BCUT2D eigenvalue weighted by Crippen LogP contribution is -2.35. The van der Waals surface area contributed by atoms with Crippen LogP contribution in [0.5, 0.6) is 0 Å². The van der Waals surface area contributed by atoms with Crippen LogP contribution >= 0.6 is 23.1 Å². The van der Waals surface area contributed by atoms with Crippen LogP contribution in [0.3, 0.4) is 0 Å². The number of aromatic nitrogens is 2. The lowest BCUT2D eigenvalue weighted by Gasteiger charge is -2.22. The Bertz CT molecular complexity index is 1610. The molecule has 0 radical (unpaired) electrons. The summed E-state index contributed by atoms with van der Waals surface area (Å²) in [6.45, 7) is 1.87. The molecule has 0 spiro atoms. The third-order valence-corrected chi connectivity index (χ3v) is 9.16. The number of hydrogen-bond donors (Lipinski definition) is 1. The molecular weight excluding hydrogens is 510 g/mol. The summed E-state index contributed by atoms with van der Waals surface area (Å²) in [5.41, 5.74) is 3.88. The maximum absolute atomic E-state index is 13.9. The van der Waals surface area contributed by atoms with Gasteiger partial charge in [0.05, 0.1) is 22.4 Å². The minimum atomic E-state index is -0.476. The molecule has 7 heteroatoms. The van der Waals surface area contributed by atoms with E-state index in [2.05, 4.69) is 5.32 Å². The lowest BCUT2D eigenvalue weighted by atomic mass is 9.98. The molecule has 1 aliphatic carbocycles. The zero-order valence-electron chi connectivity index (χ0n) is 21.0. The van der Waals surface area contributed by atoms with Crippen LogP contribution in [0.15, 0.2) is 101 Å². The molecule has 1 N–H and O–H groups in total. The average molecular weight is 538 g/mol. The highest BCUT2D eigenvalue weighted by atomic mass is 32.2. The number of thioether (sulfide) groups is 1. The predicted octanol–water partition coefficient (Wildman–Crippen LogP) is 6.32. The minimum Gasteiger partial charge on any atom is -0.344 e. The van der Waals surface area contributed by atoms with Crippen LogP contribution in [0.1, 0.15) is 41.0 Å². The van der Waals surface area contributed by atoms with Crippen molar-refractivity contribution < 1.29 is 4.79 Å². The zero-order valence-corrected chi connectivity index (χ0v) is 22.6. The van der Waals surface area contributed by atoms with Gasteiger partial charge in [0, 0.05) is 4.88 Å². The highest BCUT2D eigenvalue weighted by Crippen LogP contribution is 2.36. The van der Waals surface area contributed by atoms with Crippen molar-refractivity contribution in [2.75, 3.05) is 0 Å². The molecule has 0 saturated carbocycles. The number of para-hydroxylation sites is 1. The van der Waals surface area contributed by atoms with Crippen molar-refractivity contribution in [2.45, 2.75) is 42.6 Å². The predicted molar refractivity (Wildman–Crippen MR) is 155 cm³/mol. The van der Waals surface area contributed by atoms with Crippen molar-refractivity contribution in [1.29, 1.82) is 0 Å². The van der Waals surface area contributed by atoms with Crippen LogP contribution in [0.2, 0.25) is 0 Å². The molecular formula is C31H27N3O2S2. The van der Waals surface area contributed by atoms with Crippen LogP contribution in [0.25, 0.3) is 15.9 Å². The van der Waals surface area contributed by atoms with Gasteiger partial charge in [0.15, 0.2) is 5.16 Å². The smallest absolute Gasteiger partial charge is 0.267 e. The molecule has 0 bridgehead atoms. The first-order chi connectivity index (χ1) is 18.6. The maximum Gasteiger partial charge on any atom is 0.267 e. The molecule has 5 nitrogen and oxygen atoms in total. The molecule has 0 unspecified atom stereocenters. The van der Waals surface area contributed by atoms with E-state index in [1.807, 2.05) is 97.9 Å². The van der Waals surface area contributed by atoms with E-state index < -0.39 is 5.25 Å². The first-order valence-electron chi connectivity index (χ1n) is 12.8. The molecule has 3 aromatic carbocycles. The van der Waals surface area contributed by atoms with Crippen molar-refractivity contribution in [1.82, 2.24) is 14.9 Å². The van der Waals surface area contributed by atoms with Crippen LogP contribution in [-0.4, -0.2) is 20.7 Å². The highest BCUT2D eigenvalue weighted by molar-refractivity contribution is 8.00. The Morgan fingerprint density at radius 2 is 1.53 bits per heavy atom. The van der Waals surface area contributed by atoms with E-state index in [0.717, 1.165) is 51.9 Å². The Balaban J connectivity index is 1.35. The summed E-state index contributed by atoms with van der Waals surface area (Å²) in [5.74, 6) is -0.115. The van der Waals surface area contributed by atoms with Crippen LogP contribution < -0.4 is 10.9 Å². The van der Waals surface area contributed by atoms with Gasteiger partial charge in [-0.05, 0) is 55.0 Å². The Morgan fingerprint density at radius 3 is 2.16 bits per heavy atom. The topological polar surface area (TPSA) is 64.0 Å². The Kier molecular flexibility index (Phi) is 6.87. The highest BCUT2D eigenvalue weighted by Gasteiger charge is 2.27. The third-order valence-electron chi connectivity index (χ3n) is 6.93. The Hall–Kier alpha value is -3.68. The van der Waals surface area contributed by atoms with Gasteiger partial charge in [-0.3, -0.25) is 14.2 Å². The van der Waals surface area contributed by atoms with Gasteiger partial charge in [-0.2, -0.15) is 0 Å². The molecule has 38 heavy (non-hydrogen) atoms. The molecule has 0 fully saturated rings. The summed E-state index contributed by atoms with van der Waals surface area (Å²) >= 11 is 2.94. The maximum atomic E-state index is 13.9. The Labute approximate surface area is 229 Å². The van der Waals surface area contributed by atoms with Gasteiger partial charge in [0.25, 0.3) is 5.56 Å². The summed E-state index contributed by atoms with van der Waals surface area (Å²) in [6, 6.07) is 29.2. The van der Waals surface area contributed by atoms with E-state index >= 15 is 0 Å². The molecule has 2 aromatic heterocycles. The van der Waals surface area contributed by atoms with E-state index in [1.165, 1.54) is 16.6 Å². The van der Waals surface area contributed by atoms with Crippen molar-refractivity contribution in [3.63, 3.8) is 0 Å². The fourth-order valence-electron chi connectivity index (χ4n) is 5.03. The number of thiophene rings is 1. The SMILES string of the molecule is C[C@H](Sc1nc2sc3c(c2c(=O)n1-c1ccccc1)CCC3)C(=O)NC(c1ccccc1)c1ccccc1. The average Bonchev–Trinajstić information content (AvgIpc) is 3.54. The number of nitrogens with one attached hydrogen (secondary N) is 1. The molecule has 5 aromatic rings. The van der Waals surface area contributed by atoms with Gasteiger partial charge in [-0.1, -0.05) is 90.6 Å². The van der Waals surface area contributed by atoms with Gasteiger partial charge < -0.3 is 5.32 Å². The first kappa shape index (κ1) is 24.6. The molecule has 1 amide bonds. The van der Waals surface area contributed by atoms with Crippen LogP contribution in [0.4, 0.5) is 0 Å². The molecule has 1 atom stereocenters. The van der Waals surface area contributed by atoms with E-state index in [4.69, 9.17) is 4.98 Å². The number of aryl methyl sites for hydroxylation is 2. The number of carbonyl (C=O) groups is 1. The van der Waals surface area contributed by atoms with Gasteiger partial charge in [0.2, 0.25) is 5.91 Å². The number of rotatable bonds is 7. The Morgan fingerprint density at radius 1 is 0.921 bits per heavy atom. The first-order valence-corrected chi connectivity index (χ1v) is 14.5. The number of amides is 1. The third kappa shape index (κ3) is 4.68. The second-order valence-corrected chi connectivity index (χ2v) is 11.8. The summed E-state index contributed by atoms with van der Waals surface area (Å²) in [5, 5.41) is 4.04. The van der Waals surface area contributed by atoms with Gasteiger partial charge in [-0.25, -0.2) is 4.98 Å². The summed E-state index contributed by atoms with van der Waals surface area (Å²) in [7, 11) is 0. The van der Waals surface area contributed by atoms with E-state index in [1.54, 1.807) is 15.9 Å². The number of hydrogen-bond acceptors (Lipinski definition) is 5. The number of fused-ring (bicyclic) bond motifs is 3. The summed E-state index contributed by atoms with van der Waals surface area (Å²) < 4.78 is 1.67. The number of benzene rings is 3. The fraction of sp³-hybridized carbons (Fsp3) is 0.194. The van der Waals surface area contributed by atoms with E-state index in [0.29, 0.717) is 5.16 Å². The van der Waals surface area contributed by atoms with E-state index in [9.17, 15) is 9.59 Å². The van der Waals surface area contributed by atoms with Gasteiger partial charge in [-0.15, -0.1) is 11.3 Å². The van der Waals surface area contributed by atoms with Crippen molar-refractivity contribution >= 4 is 39.2 Å². The molecule has 2 heterocycles. The molecule has 6 rings (SSSR count). The van der Waals surface area contributed by atoms with Crippen molar-refractivity contribution in [3.05, 3.63) is 123 Å². The number of nitrogens with zero attached hydrogens (tertiary/aromatic N) is 2. The number of carbonyl (C=O) groups excluding carboxylic acids is 1. The molecule has 1 aliphatic rings. The zero-order chi connectivity index (χ0) is 26.1. The normalized spacial score (nSPS) is 13.5. The largest absolute Gasteiger partial charge is 0.344 e. The van der Waals surface area contributed by atoms with Crippen molar-refractivity contribution in [2.24, 2.45) is 0 Å². The van der Waals surface area contributed by atoms with Crippen LogP contribution in [-0.2, 0) is 17.6 Å². The monoisotopic (exact) mass is 537 g/mol. The molecule has 0 saturated heterocycles. The fourth-order valence-corrected chi connectivity index (χ4v) is 7.27. The van der Waals surface area contributed by atoms with Gasteiger partial charge >= 0.3 is 0 Å². The minimum absolute atomic E-state index is 0.0536. The van der Waals surface area contributed by atoms with E-state index in [-0.39, 0.29) is 17.5 Å². The van der Waals surface area contributed by atoms with Gasteiger partial charge in [0.1, 0.15) is 4.83 Å². The molecule has 0 aliphatic heterocycles. The van der Waals surface area contributed by atoms with Crippen molar-refractivity contribution in [3.8, 4) is 5.69 Å².